The van der Waals surface area contributed by atoms with Gasteiger partial charge in [-0.3, -0.25) is 4.98 Å². The Bertz CT molecular complexity index is 1160. The standard InChI is InChI=1S/C28H32F5NO2/c1-15(2)23-21-22(20-18(34-23)13-25(3,4)14-19(20)35)26(11-5-6-12-26)36-24(21)16-7-9-17(10-8-16)27(29,30)28(31,32)33/h7-10,15,19,24,35H,5-6,11-14H2,1-4H3. The van der Waals surface area contributed by atoms with Crippen molar-refractivity contribution in [3.63, 3.8) is 0 Å². The van der Waals surface area contributed by atoms with E-state index in [-0.39, 0.29) is 11.3 Å². The lowest BCUT2D eigenvalue weighted by Crippen LogP contribution is -2.33. The highest BCUT2D eigenvalue weighted by atomic mass is 19.4. The van der Waals surface area contributed by atoms with Gasteiger partial charge in [0.2, 0.25) is 0 Å². The van der Waals surface area contributed by atoms with Crippen molar-refractivity contribution in [2.75, 3.05) is 0 Å². The van der Waals surface area contributed by atoms with Gasteiger partial charge in [0.1, 0.15) is 6.10 Å². The van der Waals surface area contributed by atoms with Gasteiger partial charge in [0.05, 0.1) is 11.7 Å². The van der Waals surface area contributed by atoms with Crippen molar-refractivity contribution in [1.82, 2.24) is 4.98 Å². The number of ether oxygens (including phenoxy) is 1. The Labute approximate surface area is 208 Å². The monoisotopic (exact) mass is 509 g/mol. The first-order valence-electron chi connectivity index (χ1n) is 12.6. The Morgan fingerprint density at radius 3 is 2.17 bits per heavy atom. The van der Waals surface area contributed by atoms with Crippen LogP contribution in [0, 0.1) is 5.41 Å². The minimum absolute atomic E-state index is 0.0303. The molecule has 196 valence electrons. The van der Waals surface area contributed by atoms with Crippen LogP contribution in [0.25, 0.3) is 0 Å². The molecular weight excluding hydrogens is 477 g/mol. The maximum Gasteiger partial charge on any atom is 0.458 e. The average Bonchev–Trinajstić information content (AvgIpc) is 3.37. The summed E-state index contributed by atoms with van der Waals surface area (Å²) in [5.41, 5.74) is 3.07. The van der Waals surface area contributed by atoms with E-state index < -0.39 is 35.5 Å². The molecule has 0 saturated heterocycles. The molecule has 2 aliphatic carbocycles. The highest BCUT2D eigenvalue weighted by Gasteiger charge is 2.59. The molecule has 3 nitrogen and oxygen atoms in total. The maximum atomic E-state index is 13.9. The van der Waals surface area contributed by atoms with E-state index in [0.717, 1.165) is 72.3 Å². The minimum atomic E-state index is -5.67. The number of halogens is 5. The predicted octanol–water partition coefficient (Wildman–Crippen LogP) is 7.75. The fourth-order valence-electron chi connectivity index (χ4n) is 6.45. The van der Waals surface area contributed by atoms with Crippen LogP contribution in [0.3, 0.4) is 0 Å². The van der Waals surface area contributed by atoms with Gasteiger partial charge in [-0.1, -0.05) is 64.8 Å². The molecule has 1 fully saturated rings. The van der Waals surface area contributed by atoms with E-state index in [1.807, 2.05) is 13.8 Å². The van der Waals surface area contributed by atoms with Crippen molar-refractivity contribution in [3.8, 4) is 0 Å². The number of nitrogens with zero attached hydrogens (tertiary/aromatic N) is 1. The van der Waals surface area contributed by atoms with E-state index >= 15 is 0 Å². The summed E-state index contributed by atoms with van der Waals surface area (Å²) in [6.07, 6.45) is -2.24. The molecule has 1 aromatic heterocycles. The van der Waals surface area contributed by atoms with Crippen molar-refractivity contribution in [2.45, 2.75) is 102 Å². The lowest BCUT2D eigenvalue weighted by molar-refractivity contribution is -0.289. The molecule has 1 saturated carbocycles. The van der Waals surface area contributed by atoms with E-state index in [1.165, 1.54) is 12.1 Å². The lowest BCUT2D eigenvalue weighted by Gasteiger charge is -2.38. The molecule has 5 rings (SSSR count). The summed E-state index contributed by atoms with van der Waals surface area (Å²) in [5.74, 6) is -4.91. The lowest BCUT2D eigenvalue weighted by atomic mass is 9.70. The normalized spacial score (nSPS) is 24.9. The van der Waals surface area contributed by atoms with Crippen LogP contribution in [0.15, 0.2) is 24.3 Å². The fourth-order valence-corrected chi connectivity index (χ4v) is 6.45. The van der Waals surface area contributed by atoms with Crippen LogP contribution in [0.4, 0.5) is 22.0 Å². The second kappa shape index (κ2) is 8.22. The van der Waals surface area contributed by atoms with E-state index in [9.17, 15) is 27.1 Å². The molecule has 2 unspecified atom stereocenters. The highest BCUT2D eigenvalue weighted by molar-refractivity contribution is 5.54. The van der Waals surface area contributed by atoms with Gasteiger partial charge in [-0.25, -0.2) is 0 Å². The zero-order valence-corrected chi connectivity index (χ0v) is 21.0. The number of aliphatic hydroxyl groups excluding tert-OH is 1. The second-order valence-electron chi connectivity index (χ2n) is 11.8. The Kier molecular flexibility index (Phi) is 5.84. The highest BCUT2D eigenvalue weighted by Crippen LogP contribution is 2.59. The molecule has 36 heavy (non-hydrogen) atoms. The zero-order chi connectivity index (χ0) is 26.3. The van der Waals surface area contributed by atoms with Gasteiger partial charge in [0.15, 0.2) is 0 Å². The molecule has 1 aliphatic heterocycles. The summed E-state index contributed by atoms with van der Waals surface area (Å²) in [5, 5.41) is 11.3. The topological polar surface area (TPSA) is 42.4 Å². The molecule has 1 spiro atoms. The smallest absolute Gasteiger partial charge is 0.388 e. The molecule has 2 heterocycles. The first-order chi connectivity index (χ1) is 16.7. The molecule has 2 aromatic rings. The number of aliphatic hydroxyl groups is 1. The second-order valence-corrected chi connectivity index (χ2v) is 11.8. The van der Waals surface area contributed by atoms with Crippen LogP contribution in [0.2, 0.25) is 0 Å². The van der Waals surface area contributed by atoms with Gasteiger partial charge in [0.25, 0.3) is 0 Å². The number of benzene rings is 1. The van der Waals surface area contributed by atoms with Gasteiger partial charge >= 0.3 is 12.1 Å². The van der Waals surface area contributed by atoms with Crippen LogP contribution >= 0.6 is 0 Å². The Morgan fingerprint density at radius 1 is 1.00 bits per heavy atom. The average molecular weight is 510 g/mol. The number of rotatable bonds is 3. The first kappa shape index (κ1) is 25.6. The third-order valence-corrected chi connectivity index (χ3v) is 8.06. The van der Waals surface area contributed by atoms with Crippen molar-refractivity contribution >= 4 is 0 Å². The van der Waals surface area contributed by atoms with Gasteiger partial charge in [0, 0.05) is 28.1 Å². The molecule has 1 aromatic carbocycles. The third kappa shape index (κ3) is 3.87. The molecule has 8 heteroatoms. The number of aromatic nitrogens is 1. The van der Waals surface area contributed by atoms with E-state index in [0.29, 0.717) is 12.0 Å². The van der Waals surface area contributed by atoms with Gasteiger partial charge < -0.3 is 9.84 Å². The molecule has 0 bridgehead atoms. The van der Waals surface area contributed by atoms with Gasteiger partial charge in [-0.15, -0.1) is 0 Å². The number of alkyl halides is 5. The van der Waals surface area contributed by atoms with Crippen LogP contribution < -0.4 is 0 Å². The van der Waals surface area contributed by atoms with Gasteiger partial charge in [-0.2, -0.15) is 22.0 Å². The van der Waals surface area contributed by atoms with Crippen molar-refractivity contribution in [1.29, 1.82) is 0 Å². The van der Waals surface area contributed by atoms with Crippen LogP contribution in [0.5, 0.6) is 0 Å². The number of hydrogen-bond acceptors (Lipinski definition) is 3. The molecule has 0 amide bonds. The number of fused-ring (bicyclic) bond motifs is 4. The molecule has 3 aliphatic rings. The minimum Gasteiger partial charge on any atom is -0.388 e. The maximum absolute atomic E-state index is 13.9. The molecule has 1 N–H and O–H groups in total. The van der Waals surface area contributed by atoms with Crippen molar-refractivity contribution in [2.24, 2.45) is 5.41 Å². The Balaban J connectivity index is 1.69. The first-order valence-corrected chi connectivity index (χ1v) is 12.6. The largest absolute Gasteiger partial charge is 0.458 e. The number of pyridine rings is 1. The molecule has 2 atom stereocenters. The van der Waals surface area contributed by atoms with E-state index in [4.69, 9.17) is 9.72 Å². The van der Waals surface area contributed by atoms with Crippen LogP contribution in [-0.4, -0.2) is 16.3 Å². The van der Waals surface area contributed by atoms with Crippen molar-refractivity contribution < 1.29 is 31.8 Å². The molecule has 0 radical (unpaired) electrons. The zero-order valence-electron chi connectivity index (χ0n) is 21.0. The molecular formula is C28H32F5NO2. The Hall–Kier alpha value is -2.06. The third-order valence-electron chi connectivity index (χ3n) is 8.06. The quantitative estimate of drug-likeness (QED) is 0.430. The number of hydrogen-bond donors (Lipinski definition) is 1. The Morgan fingerprint density at radius 2 is 1.61 bits per heavy atom. The summed E-state index contributed by atoms with van der Waals surface area (Å²) in [7, 11) is 0. The summed E-state index contributed by atoms with van der Waals surface area (Å²) < 4.78 is 73.3. The summed E-state index contributed by atoms with van der Waals surface area (Å²) in [6.45, 7) is 8.30. The fraction of sp³-hybridized carbons (Fsp3) is 0.607. The predicted molar refractivity (Wildman–Crippen MR) is 125 cm³/mol. The van der Waals surface area contributed by atoms with Crippen LogP contribution in [-0.2, 0) is 22.7 Å². The van der Waals surface area contributed by atoms with E-state index in [1.54, 1.807) is 0 Å². The van der Waals surface area contributed by atoms with Crippen molar-refractivity contribution in [3.05, 3.63) is 63.5 Å². The summed E-state index contributed by atoms with van der Waals surface area (Å²) in [6, 6.07) is 4.29. The van der Waals surface area contributed by atoms with Crippen LogP contribution in [0.1, 0.15) is 117 Å². The van der Waals surface area contributed by atoms with Gasteiger partial charge in [-0.05, 0) is 48.1 Å². The summed E-state index contributed by atoms with van der Waals surface area (Å²) >= 11 is 0. The van der Waals surface area contributed by atoms with E-state index in [2.05, 4.69) is 13.8 Å². The SMILES string of the molecule is CC(C)c1nc2c(c3c1C(c1ccc(C(F)(F)C(F)(F)F)cc1)OC31CCCC1)C(O)CC(C)(C)C2. The summed E-state index contributed by atoms with van der Waals surface area (Å²) in [4.78, 5) is 5.04.